The van der Waals surface area contributed by atoms with Gasteiger partial charge in [0.25, 0.3) is 11.8 Å². The van der Waals surface area contributed by atoms with Gasteiger partial charge < -0.3 is 10.1 Å². The number of methoxy groups -OCH3 is 1. The van der Waals surface area contributed by atoms with Crippen LogP contribution in [0, 0.1) is 12.7 Å². The normalized spacial score (nSPS) is 13.7. The van der Waals surface area contributed by atoms with Gasteiger partial charge in [-0.1, -0.05) is 42.0 Å². The minimum Gasteiger partial charge on any atom is -0.497 e. The number of ether oxygens (including phenoxy) is 1. The van der Waals surface area contributed by atoms with E-state index in [2.05, 4.69) is 5.32 Å². The van der Waals surface area contributed by atoms with Gasteiger partial charge in [0.2, 0.25) is 0 Å². The molecule has 0 radical (unpaired) electrons. The van der Waals surface area contributed by atoms with E-state index in [4.69, 9.17) is 4.74 Å². The highest BCUT2D eigenvalue weighted by atomic mass is 19.1. The van der Waals surface area contributed by atoms with E-state index in [0.717, 1.165) is 11.1 Å². The SMILES string of the molecule is COc1ccc(CN2C(=O)C(Nc3ccc(C)cc3)=C(c3ccc(F)cc3)C2=O)cc1. The number of benzene rings is 3. The Morgan fingerprint density at radius 2 is 1.52 bits per heavy atom. The number of hydrogen-bond acceptors (Lipinski definition) is 4. The summed E-state index contributed by atoms with van der Waals surface area (Å²) < 4.78 is 18.6. The van der Waals surface area contributed by atoms with Crippen LogP contribution in [-0.4, -0.2) is 23.8 Å². The van der Waals surface area contributed by atoms with E-state index in [1.807, 2.05) is 43.3 Å². The van der Waals surface area contributed by atoms with Crippen molar-refractivity contribution in [3.8, 4) is 5.75 Å². The van der Waals surface area contributed by atoms with Gasteiger partial charge in [-0.15, -0.1) is 0 Å². The minimum absolute atomic E-state index is 0.117. The molecule has 2 amide bonds. The number of carbonyl (C=O) groups excluding carboxylic acids is 2. The summed E-state index contributed by atoms with van der Waals surface area (Å²) in [6, 6.07) is 20.2. The van der Waals surface area contributed by atoms with E-state index >= 15 is 0 Å². The second-order valence-electron chi connectivity index (χ2n) is 7.29. The van der Waals surface area contributed by atoms with Crippen molar-refractivity contribution in [2.45, 2.75) is 13.5 Å². The van der Waals surface area contributed by atoms with E-state index in [1.54, 1.807) is 19.2 Å². The van der Waals surface area contributed by atoms with E-state index in [1.165, 1.54) is 29.2 Å². The maximum absolute atomic E-state index is 13.5. The number of rotatable bonds is 6. The van der Waals surface area contributed by atoms with Crippen molar-refractivity contribution < 1.29 is 18.7 Å². The number of anilines is 1. The molecule has 3 aromatic rings. The lowest BCUT2D eigenvalue weighted by molar-refractivity contribution is -0.137. The molecule has 0 aromatic heterocycles. The third kappa shape index (κ3) is 4.19. The zero-order valence-corrected chi connectivity index (χ0v) is 17.2. The number of hydrogen-bond donors (Lipinski definition) is 1. The second kappa shape index (κ2) is 8.44. The highest BCUT2D eigenvalue weighted by molar-refractivity contribution is 6.36. The van der Waals surface area contributed by atoms with Crippen LogP contribution in [0.4, 0.5) is 10.1 Å². The van der Waals surface area contributed by atoms with Gasteiger partial charge in [0, 0.05) is 5.69 Å². The lowest BCUT2D eigenvalue weighted by Crippen LogP contribution is -2.32. The van der Waals surface area contributed by atoms with Gasteiger partial charge in [-0.05, 0) is 54.4 Å². The third-order valence-corrected chi connectivity index (χ3v) is 5.12. The molecule has 31 heavy (non-hydrogen) atoms. The number of nitrogens with one attached hydrogen (secondary N) is 1. The Morgan fingerprint density at radius 3 is 2.13 bits per heavy atom. The van der Waals surface area contributed by atoms with Crippen molar-refractivity contribution >= 4 is 23.1 Å². The van der Waals surface area contributed by atoms with Crippen molar-refractivity contribution in [3.63, 3.8) is 0 Å². The first-order valence-corrected chi connectivity index (χ1v) is 9.79. The number of amides is 2. The van der Waals surface area contributed by atoms with Crippen LogP contribution in [0.15, 0.2) is 78.5 Å². The number of carbonyl (C=O) groups is 2. The van der Waals surface area contributed by atoms with E-state index < -0.39 is 17.6 Å². The molecule has 156 valence electrons. The molecule has 0 fully saturated rings. The third-order valence-electron chi connectivity index (χ3n) is 5.12. The van der Waals surface area contributed by atoms with Crippen LogP contribution < -0.4 is 10.1 Å². The van der Waals surface area contributed by atoms with Crippen LogP contribution in [0.2, 0.25) is 0 Å². The minimum atomic E-state index is -0.430. The summed E-state index contributed by atoms with van der Waals surface area (Å²) >= 11 is 0. The Hall–Kier alpha value is -3.93. The lowest BCUT2D eigenvalue weighted by Gasteiger charge is -2.16. The summed E-state index contributed by atoms with van der Waals surface area (Å²) in [5, 5.41) is 3.10. The van der Waals surface area contributed by atoms with Gasteiger partial charge in [0.05, 0.1) is 19.2 Å². The maximum atomic E-state index is 13.5. The van der Waals surface area contributed by atoms with Crippen LogP contribution in [0.1, 0.15) is 16.7 Å². The fourth-order valence-corrected chi connectivity index (χ4v) is 3.41. The molecule has 0 saturated carbocycles. The Bertz CT molecular complexity index is 1150. The number of halogens is 1. The molecule has 5 nitrogen and oxygen atoms in total. The van der Waals surface area contributed by atoms with Crippen molar-refractivity contribution in [2.75, 3.05) is 12.4 Å². The van der Waals surface area contributed by atoms with E-state index in [9.17, 15) is 14.0 Å². The summed E-state index contributed by atoms with van der Waals surface area (Å²) in [5.41, 5.74) is 3.43. The Labute approximate surface area is 179 Å². The molecular formula is C25H21FN2O3. The van der Waals surface area contributed by atoms with Crippen molar-refractivity contribution in [1.29, 1.82) is 0 Å². The monoisotopic (exact) mass is 416 g/mol. The van der Waals surface area contributed by atoms with Crippen LogP contribution in [0.5, 0.6) is 5.75 Å². The number of aryl methyl sites for hydroxylation is 1. The predicted octanol–water partition coefficient (Wildman–Crippen LogP) is 4.53. The summed E-state index contributed by atoms with van der Waals surface area (Å²) in [4.78, 5) is 27.7. The van der Waals surface area contributed by atoms with Crippen molar-refractivity contribution in [3.05, 3.63) is 101 Å². The van der Waals surface area contributed by atoms with Crippen LogP contribution >= 0.6 is 0 Å². The lowest BCUT2D eigenvalue weighted by atomic mass is 10.0. The molecule has 0 spiro atoms. The molecule has 1 heterocycles. The summed E-state index contributed by atoms with van der Waals surface area (Å²) in [6.45, 7) is 2.08. The second-order valence-corrected chi connectivity index (χ2v) is 7.29. The van der Waals surface area contributed by atoms with E-state index in [0.29, 0.717) is 17.0 Å². The van der Waals surface area contributed by atoms with Gasteiger partial charge in [-0.3, -0.25) is 14.5 Å². The summed E-state index contributed by atoms with van der Waals surface area (Å²) in [5.74, 6) is -0.582. The number of imide groups is 1. The molecule has 0 bridgehead atoms. The average Bonchev–Trinajstić information content (AvgIpc) is 3.01. The standard InChI is InChI=1S/C25H21FN2O3/c1-16-3-11-20(12-4-16)27-23-22(18-7-9-19(26)10-8-18)24(29)28(25(23)30)15-17-5-13-21(31-2)14-6-17/h3-14,27H,15H2,1-2H3. The van der Waals surface area contributed by atoms with Gasteiger partial charge in [0.1, 0.15) is 17.3 Å². The van der Waals surface area contributed by atoms with E-state index in [-0.39, 0.29) is 17.8 Å². The van der Waals surface area contributed by atoms with Crippen LogP contribution in [0.3, 0.4) is 0 Å². The van der Waals surface area contributed by atoms with Gasteiger partial charge >= 0.3 is 0 Å². The predicted molar refractivity (Wildman–Crippen MR) is 117 cm³/mol. The topological polar surface area (TPSA) is 58.6 Å². The molecular weight excluding hydrogens is 395 g/mol. The zero-order chi connectivity index (χ0) is 22.0. The molecule has 1 N–H and O–H groups in total. The quantitative estimate of drug-likeness (QED) is 0.600. The fraction of sp³-hybridized carbons (Fsp3) is 0.120. The first-order valence-electron chi connectivity index (χ1n) is 9.79. The molecule has 6 heteroatoms. The largest absolute Gasteiger partial charge is 0.497 e. The fourth-order valence-electron chi connectivity index (χ4n) is 3.41. The average molecular weight is 416 g/mol. The number of nitrogens with zero attached hydrogens (tertiary/aromatic N) is 1. The highest BCUT2D eigenvalue weighted by Crippen LogP contribution is 2.32. The maximum Gasteiger partial charge on any atom is 0.278 e. The Kier molecular flexibility index (Phi) is 5.54. The molecule has 0 aliphatic carbocycles. The first kappa shape index (κ1) is 20.3. The van der Waals surface area contributed by atoms with Crippen molar-refractivity contribution in [1.82, 2.24) is 4.90 Å². The van der Waals surface area contributed by atoms with Gasteiger partial charge in [0.15, 0.2) is 0 Å². The molecule has 4 rings (SSSR count). The molecule has 1 aliphatic heterocycles. The van der Waals surface area contributed by atoms with Gasteiger partial charge in [-0.2, -0.15) is 0 Å². The summed E-state index contributed by atoms with van der Waals surface area (Å²) in [7, 11) is 1.57. The molecule has 0 saturated heterocycles. The molecule has 0 atom stereocenters. The molecule has 3 aromatic carbocycles. The zero-order valence-electron chi connectivity index (χ0n) is 17.2. The van der Waals surface area contributed by atoms with Gasteiger partial charge in [-0.25, -0.2) is 4.39 Å². The van der Waals surface area contributed by atoms with Crippen molar-refractivity contribution in [2.24, 2.45) is 0 Å². The Morgan fingerprint density at radius 1 is 0.871 bits per heavy atom. The highest BCUT2D eigenvalue weighted by Gasteiger charge is 2.39. The first-order chi connectivity index (χ1) is 15.0. The summed E-state index contributed by atoms with van der Waals surface area (Å²) in [6.07, 6.45) is 0. The van der Waals surface area contributed by atoms with Crippen LogP contribution in [-0.2, 0) is 16.1 Å². The Balaban J connectivity index is 1.70. The smallest absolute Gasteiger partial charge is 0.278 e. The molecule has 0 unspecified atom stereocenters. The van der Waals surface area contributed by atoms with Crippen LogP contribution in [0.25, 0.3) is 5.57 Å². The molecule has 1 aliphatic rings.